The maximum atomic E-state index is 11.9. The standard InChI is InChI=1S/C15H24N2O2/c1-4-13-6-5-7-14(10-13)16-15(19)11-17(3)9-8-12(2)18/h5-7,10,12,18H,4,8-9,11H2,1-3H3,(H,16,19). The monoisotopic (exact) mass is 264 g/mol. The number of anilines is 1. The lowest BCUT2D eigenvalue weighted by molar-refractivity contribution is -0.117. The van der Waals surface area contributed by atoms with E-state index in [4.69, 9.17) is 0 Å². The van der Waals surface area contributed by atoms with Crippen LogP contribution in [0.1, 0.15) is 25.8 Å². The van der Waals surface area contributed by atoms with Crippen molar-refractivity contribution in [3.05, 3.63) is 29.8 Å². The van der Waals surface area contributed by atoms with Gasteiger partial charge in [-0.15, -0.1) is 0 Å². The molecule has 0 bridgehead atoms. The molecule has 1 aromatic carbocycles. The zero-order chi connectivity index (χ0) is 14.3. The highest BCUT2D eigenvalue weighted by atomic mass is 16.3. The van der Waals surface area contributed by atoms with E-state index in [2.05, 4.69) is 12.2 Å². The van der Waals surface area contributed by atoms with E-state index in [1.54, 1.807) is 6.92 Å². The number of rotatable bonds is 7. The van der Waals surface area contributed by atoms with Crippen LogP contribution < -0.4 is 5.32 Å². The van der Waals surface area contributed by atoms with E-state index < -0.39 is 0 Å². The molecule has 0 aliphatic heterocycles. The second-order valence-corrected chi connectivity index (χ2v) is 4.98. The van der Waals surface area contributed by atoms with Crippen LogP contribution in [0.5, 0.6) is 0 Å². The summed E-state index contributed by atoms with van der Waals surface area (Å²) in [6.07, 6.45) is 1.30. The van der Waals surface area contributed by atoms with Crippen LogP contribution in [0, 0.1) is 0 Å². The third-order valence-corrected chi connectivity index (χ3v) is 2.96. The summed E-state index contributed by atoms with van der Waals surface area (Å²) in [6.45, 7) is 4.89. The third kappa shape index (κ3) is 6.36. The molecule has 1 rings (SSSR count). The van der Waals surface area contributed by atoms with Crippen LogP contribution >= 0.6 is 0 Å². The molecule has 1 unspecified atom stereocenters. The Labute approximate surface area is 115 Å². The fourth-order valence-electron chi connectivity index (χ4n) is 1.80. The van der Waals surface area contributed by atoms with E-state index in [9.17, 15) is 9.90 Å². The third-order valence-electron chi connectivity index (χ3n) is 2.96. The molecule has 0 heterocycles. The molecule has 0 saturated heterocycles. The molecular formula is C15H24N2O2. The van der Waals surface area contributed by atoms with Crippen LogP contribution in [0.2, 0.25) is 0 Å². The van der Waals surface area contributed by atoms with Crippen molar-refractivity contribution in [1.29, 1.82) is 0 Å². The Morgan fingerprint density at radius 3 is 2.84 bits per heavy atom. The molecule has 0 spiro atoms. The molecule has 0 aliphatic carbocycles. The van der Waals surface area contributed by atoms with Crippen molar-refractivity contribution in [2.45, 2.75) is 32.8 Å². The molecule has 4 nitrogen and oxygen atoms in total. The lowest BCUT2D eigenvalue weighted by Gasteiger charge is -2.17. The first-order valence-electron chi connectivity index (χ1n) is 6.76. The summed E-state index contributed by atoms with van der Waals surface area (Å²) < 4.78 is 0. The van der Waals surface area contributed by atoms with Crippen molar-refractivity contribution in [1.82, 2.24) is 4.90 Å². The van der Waals surface area contributed by atoms with Gasteiger partial charge in [-0.3, -0.25) is 9.69 Å². The SMILES string of the molecule is CCc1cccc(NC(=O)CN(C)CCC(C)O)c1. The molecular weight excluding hydrogens is 240 g/mol. The highest BCUT2D eigenvalue weighted by Crippen LogP contribution is 2.11. The summed E-state index contributed by atoms with van der Waals surface area (Å²) >= 11 is 0. The highest BCUT2D eigenvalue weighted by Gasteiger charge is 2.08. The molecule has 1 aromatic rings. The summed E-state index contributed by atoms with van der Waals surface area (Å²) in [7, 11) is 1.88. The zero-order valence-corrected chi connectivity index (χ0v) is 12.0. The number of benzene rings is 1. The Balaban J connectivity index is 2.41. The van der Waals surface area contributed by atoms with Crippen molar-refractivity contribution >= 4 is 11.6 Å². The minimum absolute atomic E-state index is 0.0265. The van der Waals surface area contributed by atoms with Crippen molar-refractivity contribution in [3.8, 4) is 0 Å². The van der Waals surface area contributed by atoms with Gasteiger partial charge in [0.15, 0.2) is 0 Å². The Bertz CT molecular complexity index is 405. The molecule has 1 amide bonds. The van der Waals surface area contributed by atoms with Crippen LogP contribution in [-0.4, -0.2) is 42.2 Å². The molecule has 0 fully saturated rings. The Kier molecular flexibility index (Phi) is 6.53. The van der Waals surface area contributed by atoms with Crippen molar-refractivity contribution in [3.63, 3.8) is 0 Å². The molecule has 106 valence electrons. The van der Waals surface area contributed by atoms with Gasteiger partial charge in [0.05, 0.1) is 12.6 Å². The largest absolute Gasteiger partial charge is 0.393 e. The highest BCUT2D eigenvalue weighted by molar-refractivity contribution is 5.92. The van der Waals surface area contributed by atoms with E-state index in [1.807, 2.05) is 36.2 Å². The number of carbonyl (C=O) groups is 1. The Morgan fingerprint density at radius 1 is 1.47 bits per heavy atom. The van der Waals surface area contributed by atoms with Gasteiger partial charge in [0.1, 0.15) is 0 Å². The van der Waals surface area contributed by atoms with Crippen LogP contribution in [0.15, 0.2) is 24.3 Å². The molecule has 0 aliphatic rings. The van der Waals surface area contributed by atoms with Crippen molar-refractivity contribution in [2.75, 3.05) is 25.5 Å². The molecule has 1 atom stereocenters. The predicted octanol–water partition coefficient (Wildman–Crippen LogP) is 1.89. The number of aryl methyl sites for hydroxylation is 1. The van der Waals surface area contributed by atoms with E-state index >= 15 is 0 Å². The molecule has 0 saturated carbocycles. The van der Waals surface area contributed by atoms with E-state index in [0.717, 1.165) is 12.1 Å². The van der Waals surface area contributed by atoms with Gasteiger partial charge >= 0.3 is 0 Å². The molecule has 4 heteroatoms. The van der Waals surface area contributed by atoms with E-state index in [0.29, 0.717) is 19.5 Å². The number of aliphatic hydroxyl groups excluding tert-OH is 1. The molecule has 0 aromatic heterocycles. The topological polar surface area (TPSA) is 52.6 Å². The number of hydrogen-bond donors (Lipinski definition) is 2. The number of nitrogens with zero attached hydrogens (tertiary/aromatic N) is 1. The van der Waals surface area contributed by atoms with Crippen molar-refractivity contribution < 1.29 is 9.90 Å². The molecule has 0 radical (unpaired) electrons. The summed E-state index contributed by atoms with van der Waals surface area (Å²) in [4.78, 5) is 13.8. The minimum Gasteiger partial charge on any atom is -0.393 e. The van der Waals surface area contributed by atoms with Gasteiger partial charge in [0, 0.05) is 12.2 Å². The summed E-state index contributed by atoms with van der Waals surface area (Å²) in [6, 6.07) is 7.89. The van der Waals surface area contributed by atoms with E-state index in [-0.39, 0.29) is 12.0 Å². The summed E-state index contributed by atoms with van der Waals surface area (Å²) in [5, 5.41) is 12.1. The van der Waals surface area contributed by atoms with Crippen LogP contribution in [-0.2, 0) is 11.2 Å². The average molecular weight is 264 g/mol. The summed E-state index contributed by atoms with van der Waals surface area (Å²) in [5.41, 5.74) is 2.05. The molecule has 2 N–H and O–H groups in total. The lowest BCUT2D eigenvalue weighted by Crippen LogP contribution is -2.32. The van der Waals surface area contributed by atoms with Crippen LogP contribution in [0.25, 0.3) is 0 Å². The first-order valence-corrected chi connectivity index (χ1v) is 6.76. The second kappa shape index (κ2) is 7.92. The Morgan fingerprint density at radius 2 is 2.21 bits per heavy atom. The first-order chi connectivity index (χ1) is 9.01. The van der Waals surface area contributed by atoms with Gasteiger partial charge in [0.2, 0.25) is 5.91 Å². The number of aliphatic hydroxyl groups is 1. The smallest absolute Gasteiger partial charge is 0.238 e. The number of likely N-dealkylation sites (N-methyl/N-ethyl adjacent to an activating group) is 1. The van der Waals surface area contributed by atoms with Gasteiger partial charge in [-0.25, -0.2) is 0 Å². The van der Waals surface area contributed by atoms with Gasteiger partial charge in [-0.2, -0.15) is 0 Å². The maximum Gasteiger partial charge on any atom is 0.238 e. The lowest BCUT2D eigenvalue weighted by atomic mass is 10.1. The van der Waals surface area contributed by atoms with Crippen LogP contribution in [0.3, 0.4) is 0 Å². The van der Waals surface area contributed by atoms with Gasteiger partial charge < -0.3 is 10.4 Å². The van der Waals surface area contributed by atoms with Crippen LogP contribution in [0.4, 0.5) is 5.69 Å². The van der Waals surface area contributed by atoms with Gasteiger partial charge in [0.25, 0.3) is 0 Å². The first kappa shape index (κ1) is 15.7. The Hall–Kier alpha value is -1.39. The number of nitrogens with one attached hydrogen (secondary N) is 1. The quantitative estimate of drug-likeness (QED) is 0.790. The predicted molar refractivity (Wildman–Crippen MR) is 78.2 cm³/mol. The molecule has 19 heavy (non-hydrogen) atoms. The number of carbonyl (C=O) groups excluding carboxylic acids is 1. The number of amides is 1. The number of hydrogen-bond acceptors (Lipinski definition) is 3. The maximum absolute atomic E-state index is 11.9. The normalized spacial score (nSPS) is 12.5. The van der Waals surface area contributed by atoms with Crippen molar-refractivity contribution in [2.24, 2.45) is 0 Å². The minimum atomic E-state index is -0.327. The second-order valence-electron chi connectivity index (χ2n) is 4.98. The van der Waals surface area contributed by atoms with Gasteiger partial charge in [-0.1, -0.05) is 19.1 Å². The average Bonchev–Trinajstić information content (AvgIpc) is 2.36. The van der Waals surface area contributed by atoms with E-state index in [1.165, 1.54) is 5.56 Å². The fraction of sp³-hybridized carbons (Fsp3) is 0.533. The van der Waals surface area contributed by atoms with Gasteiger partial charge in [-0.05, 0) is 44.5 Å². The zero-order valence-electron chi connectivity index (χ0n) is 12.0. The summed E-state index contributed by atoms with van der Waals surface area (Å²) in [5.74, 6) is -0.0265. The fourth-order valence-corrected chi connectivity index (χ4v) is 1.80.